The number of nitrogens with one attached hydrogen (secondary N) is 1. The maximum Gasteiger partial charge on any atom is 0.229 e. The second-order valence-electron chi connectivity index (χ2n) is 6.84. The zero-order valence-electron chi connectivity index (χ0n) is 16.4. The van der Waals surface area contributed by atoms with Gasteiger partial charge in [0, 0.05) is 23.2 Å². The van der Waals surface area contributed by atoms with Crippen LogP contribution in [0.5, 0.6) is 5.75 Å². The lowest BCUT2D eigenvalue weighted by molar-refractivity contribution is 0.413. The Balaban J connectivity index is 2.22. The number of hydrogen-bond acceptors (Lipinski definition) is 4. The lowest BCUT2D eigenvalue weighted by Crippen LogP contribution is -2.09. The second kappa shape index (κ2) is 7.56. The number of benzene rings is 2. The van der Waals surface area contributed by atoms with Gasteiger partial charge in [0.25, 0.3) is 0 Å². The predicted octanol–water partition coefficient (Wildman–Crippen LogP) is 4.53. The third kappa shape index (κ3) is 3.82. The molecule has 1 aromatic heterocycles. The molecule has 0 unspecified atom stereocenters. The van der Waals surface area contributed by atoms with Gasteiger partial charge in [-0.2, -0.15) is 5.26 Å². The topological polar surface area (TPSA) is 84.1 Å². The van der Waals surface area contributed by atoms with Crippen molar-refractivity contribution in [3.63, 3.8) is 0 Å². The third-order valence-corrected chi connectivity index (χ3v) is 5.44. The first-order valence-electron chi connectivity index (χ1n) is 8.98. The zero-order valence-corrected chi connectivity index (χ0v) is 17.2. The summed E-state index contributed by atoms with van der Waals surface area (Å²) in [5.74, 6) is 0.528. The molecule has 1 N–H and O–H groups in total. The molecule has 0 aliphatic carbocycles. The van der Waals surface area contributed by atoms with Gasteiger partial charge < -0.3 is 9.30 Å². The largest absolute Gasteiger partial charge is 0.495 e. The van der Waals surface area contributed by atoms with Crippen molar-refractivity contribution < 1.29 is 13.2 Å². The molecule has 1 heterocycles. The summed E-state index contributed by atoms with van der Waals surface area (Å²) >= 11 is 0. The number of sulfonamides is 1. The SMILES string of the molecule is CC[C@@H](C)n1cc(-c2ccc(C#N)c(OC)c2)c2ccc(NS(C)(=O)=O)cc21. The van der Waals surface area contributed by atoms with E-state index in [9.17, 15) is 13.7 Å². The molecule has 0 radical (unpaired) electrons. The van der Waals surface area contributed by atoms with E-state index in [1.807, 2.05) is 24.3 Å². The molecule has 0 aliphatic rings. The van der Waals surface area contributed by atoms with Gasteiger partial charge in [-0.1, -0.05) is 19.1 Å². The molecule has 28 heavy (non-hydrogen) atoms. The molecule has 2 aromatic carbocycles. The molecule has 7 heteroatoms. The van der Waals surface area contributed by atoms with E-state index in [1.165, 1.54) is 0 Å². The highest BCUT2D eigenvalue weighted by atomic mass is 32.2. The number of methoxy groups -OCH3 is 1. The van der Waals surface area contributed by atoms with Crippen molar-refractivity contribution in [1.29, 1.82) is 5.26 Å². The Morgan fingerprint density at radius 1 is 1.25 bits per heavy atom. The van der Waals surface area contributed by atoms with Crippen LogP contribution in [0.2, 0.25) is 0 Å². The molecule has 3 aromatic rings. The van der Waals surface area contributed by atoms with Crippen LogP contribution in [-0.2, 0) is 10.0 Å². The summed E-state index contributed by atoms with van der Waals surface area (Å²) in [4.78, 5) is 0. The Morgan fingerprint density at radius 2 is 2.00 bits per heavy atom. The fraction of sp³-hybridized carbons (Fsp3) is 0.286. The van der Waals surface area contributed by atoms with Gasteiger partial charge in [0.2, 0.25) is 10.0 Å². The molecule has 0 spiro atoms. The fourth-order valence-corrected chi connectivity index (χ4v) is 3.83. The number of aromatic nitrogens is 1. The highest BCUT2D eigenvalue weighted by molar-refractivity contribution is 7.92. The van der Waals surface area contributed by atoms with Crippen LogP contribution in [0.4, 0.5) is 5.69 Å². The minimum absolute atomic E-state index is 0.241. The Hall–Kier alpha value is -2.98. The highest BCUT2D eigenvalue weighted by Gasteiger charge is 2.16. The summed E-state index contributed by atoms with van der Waals surface area (Å²) in [5, 5.41) is 10.2. The molecule has 0 saturated carbocycles. The lowest BCUT2D eigenvalue weighted by atomic mass is 10.0. The van der Waals surface area contributed by atoms with Crippen LogP contribution in [0.3, 0.4) is 0 Å². The Bertz CT molecular complexity index is 1170. The van der Waals surface area contributed by atoms with E-state index in [0.29, 0.717) is 17.0 Å². The van der Waals surface area contributed by atoms with Gasteiger partial charge >= 0.3 is 0 Å². The van der Waals surface area contributed by atoms with Gasteiger partial charge in [-0.3, -0.25) is 4.72 Å². The molecule has 1 atom stereocenters. The van der Waals surface area contributed by atoms with Crippen molar-refractivity contribution in [3.8, 4) is 22.9 Å². The van der Waals surface area contributed by atoms with Gasteiger partial charge in [0.15, 0.2) is 0 Å². The second-order valence-corrected chi connectivity index (χ2v) is 8.59. The van der Waals surface area contributed by atoms with Crippen LogP contribution < -0.4 is 9.46 Å². The first kappa shape index (κ1) is 19.8. The Kier molecular flexibility index (Phi) is 5.34. The Labute approximate surface area is 165 Å². The van der Waals surface area contributed by atoms with Gasteiger partial charge in [-0.05, 0) is 43.2 Å². The van der Waals surface area contributed by atoms with E-state index in [0.717, 1.165) is 34.7 Å². The number of hydrogen-bond donors (Lipinski definition) is 1. The molecule has 0 bridgehead atoms. The van der Waals surface area contributed by atoms with E-state index in [2.05, 4.69) is 35.4 Å². The van der Waals surface area contributed by atoms with Crippen LogP contribution in [0.1, 0.15) is 31.9 Å². The van der Waals surface area contributed by atoms with Gasteiger partial charge in [-0.15, -0.1) is 0 Å². The van der Waals surface area contributed by atoms with Crippen LogP contribution in [-0.4, -0.2) is 26.4 Å². The number of ether oxygens (including phenoxy) is 1. The first-order valence-corrected chi connectivity index (χ1v) is 10.9. The monoisotopic (exact) mass is 397 g/mol. The van der Waals surface area contributed by atoms with Crippen LogP contribution in [0.25, 0.3) is 22.0 Å². The summed E-state index contributed by atoms with van der Waals surface area (Å²) < 4.78 is 33.3. The van der Waals surface area contributed by atoms with Crippen molar-refractivity contribution in [2.24, 2.45) is 0 Å². The summed E-state index contributed by atoms with van der Waals surface area (Å²) in [6, 6.07) is 13.4. The first-order chi connectivity index (χ1) is 13.3. The van der Waals surface area contributed by atoms with E-state index in [4.69, 9.17) is 4.74 Å². The predicted molar refractivity (Wildman–Crippen MR) is 112 cm³/mol. The summed E-state index contributed by atoms with van der Waals surface area (Å²) in [5.41, 5.74) is 3.90. The van der Waals surface area contributed by atoms with E-state index in [1.54, 1.807) is 19.2 Å². The minimum Gasteiger partial charge on any atom is -0.495 e. The molecule has 0 aliphatic heterocycles. The van der Waals surface area contributed by atoms with Crippen LogP contribution in [0, 0.1) is 11.3 Å². The van der Waals surface area contributed by atoms with Crippen molar-refractivity contribution in [1.82, 2.24) is 4.57 Å². The summed E-state index contributed by atoms with van der Waals surface area (Å²) in [6.45, 7) is 4.23. The molecule has 0 saturated heterocycles. The van der Waals surface area contributed by atoms with Crippen LogP contribution >= 0.6 is 0 Å². The Morgan fingerprint density at radius 3 is 2.61 bits per heavy atom. The fourth-order valence-electron chi connectivity index (χ4n) is 3.27. The van der Waals surface area contributed by atoms with Crippen molar-refractivity contribution >= 4 is 26.6 Å². The summed E-state index contributed by atoms with van der Waals surface area (Å²) in [6.07, 6.45) is 4.15. The average molecular weight is 398 g/mol. The number of nitriles is 1. The van der Waals surface area contributed by atoms with Gasteiger partial charge in [-0.25, -0.2) is 8.42 Å². The maximum absolute atomic E-state index is 11.6. The summed E-state index contributed by atoms with van der Waals surface area (Å²) in [7, 11) is -1.81. The molecule has 0 amide bonds. The average Bonchev–Trinajstić information content (AvgIpc) is 3.04. The van der Waals surface area contributed by atoms with Gasteiger partial charge in [0.1, 0.15) is 11.8 Å². The standard InChI is InChI=1S/C21H23N3O3S/c1-5-14(2)24-13-19(15-6-7-16(12-22)21(10-15)27-3)18-9-8-17(11-20(18)24)23-28(4,25)26/h6-11,13-14,23H,5H2,1-4H3/t14-/m1/s1. The van der Waals surface area contributed by atoms with E-state index in [-0.39, 0.29) is 6.04 Å². The normalized spacial score (nSPS) is 12.5. The van der Waals surface area contributed by atoms with Crippen molar-refractivity contribution in [3.05, 3.63) is 48.2 Å². The molecule has 6 nitrogen and oxygen atoms in total. The zero-order chi connectivity index (χ0) is 20.5. The van der Waals surface area contributed by atoms with E-state index < -0.39 is 10.0 Å². The number of nitrogens with zero attached hydrogens (tertiary/aromatic N) is 2. The minimum atomic E-state index is -3.35. The molecule has 146 valence electrons. The molecular weight excluding hydrogens is 374 g/mol. The molecule has 3 rings (SSSR count). The van der Waals surface area contributed by atoms with E-state index >= 15 is 0 Å². The third-order valence-electron chi connectivity index (χ3n) is 4.84. The quantitative estimate of drug-likeness (QED) is 0.662. The number of fused-ring (bicyclic) bond motifs is 1. The van der Waals surface area contributed by atoms with Crippen LogP contribution in [0.15, 0.2) is 42.6 Å². The highest BCUT2D eigenvalue weighted by Crippen LogP contribution is 2.36. The molecule has 0 fully saturated rings. The van der Waals surface area contributed by atoms with Crippen molar-refractivity contribution in [2.75, 3.05) is 18.1 Å². The maximum atomic E-state index is 11.6. The van der Waals surface area contributed by atoms with Gasteiger partial charge in [0.05, 0.1) is 30.1 Å². The van der Waals surface area contributed by atoms with Crippen molar-refractivity contribution in [2.45, 2.75) is 26.3 Å². The lowest BCUT2D eigenvalue weighted by Gasteiger charge is -2.13. The number of anilines is 1. The molecular formula is C21H23N3O3S. The smallest absolute Gasteiger partial charge is 0.229 e. The number of rotatable bonds is 6.